The third kappa shape index (κ3) is 8.73. The van der Waals surface area contributed by atoms with Gasteiger partial charge < -0.3 is 14.2 Å². The molecule has 298 valence electrons. The van der Waals surface area contributed by atoms with Crippen molar-refractivity contribution in [2.24, 2.45) is 51.8 Å². The molecule has 10 unspecified atom stereocenters. The molecule has 0 aromatic heterocycles. The van der Waals surface area contributed by atoms with Gasteiger partial charge in [-0.1, -0.05) is 114 Å². The molecule has 55 heavy (non-hydrogen) atoms. The van der Waals surface area contributed by atoms with Crippen molar-refractivity contribution < 1.29 is 28.6 Å². The molecular weight excluding hydrogens is 685 g/mol. The van der Waals surface area contributed by atoms with E-state index in [1.165, 1.54) is 19.1 Å². The molecule has 0 amide bonds. The van der Waals surface area contributed by atoms with Gasteiger partial charge in [0.25, 0.3) is 6.47 Å². The molecule has 4 fully saturated rings. The monoisotopic (exact) mass is 750 g/mol. The molecule has 0 bridgehead atoms. The van der Waals surface area contributed by atoms with E-state index in [-0.39, 0.29) is 46.1 Å². The van der Waals surface area contributed by atoms with E-state index in [4.69, 9.17) is 14.3 Å². The summed E-state index contributed by atoms with van der Waals surface area (Å²) in [5.74, 6) is 1.72. The Labute approximate surface area is 331 Å². The molecule has 5 aliphatic rings. The largest absolute Gasteiger partial charge is 0.471 e. The molecule has 4 saturated carbocycles. The summed E-state index contributed by atoms with van der Waals surface area (Å²) in [5, 5.41) is 0. The molecule has 6 heteroatoms. The van der Waals surface area contributed by atoms with Crippen LogP contribution in [0, 0.1) is 64.6 Å². The number of allylic oxidation sites excluding steroid dienone is 2. The van der Waals surface area contributed by atoms with Crippen LogP contribution in [0.25, 0.3) is 0 Å². The van der Waals surface area contributed by atoms with Gasteiger partial charge in [-0.05, 0) is 115 Å². The summed E-state index contributed by atoms with van der Waals surface area (Å²) in [6, 6.07) is 20.2. The van der Waals surface area contributed by atoms with E-state index in [1.54, 1.807) is 0 Å². The van der Waals surface area contributed by atoms with Gasteiger partial charge in [-0.3, -0.25) is 14.4 Å². The number of ether oxygens (including phenoxy) is 3. The van der Waals surface area contributed by atoms with Gasteiger partial charge in [-0.2, -0.15) is 0 Å². The zero-order chi connectivity index (χ0) is 40.4. The third-order valence-corrected chi connectivity index (χ3v) is 14.3. The highest BCUT2D eigenvalue weighted by atomic mass is 16.5. The molecule has 7 rings (SSSR count). The van der Waals surface area contributed by atoms with Crippen molar-refractivity contribution in [3.63, 3.8) is 0 Å². The number of ketones is 1. The molecule has 0 N–H and O–H groups in total. The number of esters is 1. The van der Waals surface area contributed by atoms with E-state index in [9.17, 15) is 9.59 Å². The van der Waals surface area contributed by atoms with Crippen molar-refractivity contribution in [3.8, 4) is 12.8 Å². The Morgan fingerprint density at radius 3 is 2.00 bits per heavy atom. The van der Waals surface area contributed by atoms with Gasteiger partial charge in [-0.25, -0.2) is 0 Å². The average molecular weight is 751 g/mol. The smallest absolute Gasteiger partial charge is 0.309 e. The number of hydrogen-bond acceptors (Lipinski definition) is 6. The topological polar surface area (TPSA) is 78.9 Å². The van der Waals surface area contributed by atoms with Crippen LogP contribution in [0.5, 0.6) is 0 Å². The molecule has 5 aliphatic carbocycles. The van der Waals surface area contributed by atoms with Crippen molar-refractivity contribution in [2.75, 3.05) is 13.7 Å². The van der Waals surface area contributed by atoms with Gasteiger partial charge in [0.2, 0.25) is 0 Å². The summed E-state index contributed by atoms with van der Waals surface area (Å²) in [5.41, 5.74) is 3.41. The van der Waals surface area contributed by atoms with E-state index in [0.29, 0.717) is 36.6 Å². The van der Waals surface area contributed by atoms with Crippen LogP contribution in [-0.2, 0) is 28.6 Å². The predicted octanol–water partition coefficient (Wildman–Crippen LogP) is 10.8. The van der Waals surface area contributed by atoms with E-state index in [1.807, 2.05) is 80.6 Å². The lowest BCUT2D eigenvalue weighted by molar-refractivity contribution is -0.173. The van der Waals surface area contributed by atoms with Crippen LogP contribution in [0.15, 0.2) is 85.0 Å². The lowest BCUT2D eigenvalue weighted by Crippen LogP contribution is -2.62. The summed E-state index contributed by atoms with van der Waals surface area (Å²) in [6.45, 7) is 18.5. The maximum absolute atomic E-state index is 14.5. The average Bonchev–Trinajstić information content (AvgIpc) is 3.21. The number of fused-ring (bicyclic) bond motifs is 7. The van der Waals surface area contributed by atoms with Gasteiger partial charge >= 0.3 is 5.97 Å². The number of methoxy groups -OCH3 is 1. The first-order valence-electron chi connectivity index (χ1n) is 20.6. The van der Waals surface area contributed by atoms with Crippen molar-refractivity contribution in [1.82, 2.24) is 0 Å². The highest BCUT2D eigenvalue weighted by Gasteiger charge is 2.65. The van der Waals surface area contributed by atoms with Crippen LogP contribution in [0.3, 0.4) is 0 Å². The van der Waals surface area contributed by atoms with E-state index >= 15 is 0 Å². The van der Waals surface area contributed by atoms with Gasteiger partial charge in [0.05, 0.1) is 25.7 Å². The van der Waals surface area contributed by atoms with Crippen LogP contribution >= 0.6 is 0 Å². The molecule has 10 atom stereocenters. The van der Waals surface area contributed by atoms with E-state index in [2.05, 4.69) is 57.9 Å². The lowest BCUT2D eigenvalue weighted by atomic mass is 9.38. The Kier molecular flexibility index (Phi) is 15.3. The number of hydrogen-bond donors (Lipinski definition) is 0. The number of benzene rings is 2. The number of terminal acetylenes is 1. The van der Waals surface area contributed by atoms with E-state index in [0.717, 1.165) is 62.5 Å². The first-order chi connectivity index (χ1) is 26.5. The second-order valence-electron chi connectivity index (χ2n) is 16.9. The molecule has 2 aromatic rings. The van der Waals surface area contributed by atoms with Gasteiger partial charge in [0.15, 0.2) is 11.9 Å². The Hall–Kier alpha value is -3.95. The van der Waals surface area contributed by atoms with Crippen LogP contribution in [0.4, 0.5) is 0 Å². The molecular formula is C49H66O6. The molecule has 6 nitrogen and oxygen atoms in total. The zero-order valence-electron chi connectivity index (χ0n) is 34.5. The molecule has 0 aliphatic heterocycles. The minimum atomic E-state index is -0.428. The Balaban J connectivity index is 0.000000780. The number of rotatable bonds is 8. The Bertz CT molecular complexity index is 1590. The standard InChI is InChI=1S/C43H54O4.C2H4O2.C2H6.C2H2/c1-6-25-46-37-20-24-42(4)33(28(37)2)19-23-43(5)34-18-22-41(3)21-17-31(26-35(41)32(34)27-36(44)39(42)43)40(45)47-38(29-13-9-7-10-14-29)30-15-11-8-12-16-30;1-4-2-3;2*1-2/h6-16,27-28,31,33-35,37-39H,1,17-26H2,2-5H3;2H,1H3;1-2H3;1-2H. The molecule has 0 heterocycles. The fourth-order valence-corrected chi connectivity index (χ4v) is 11.8. The van der Waals surface area contributed by atoms with Crippen LogP contribution in [-0.4, -0.2) is 38.0 Å². The Morgan fingerprint density at radius 1 is 0.873 bits per heavy atom. The minimum absolute atomic E-state index is 0.0108. The normalized spacial score (nSPS) is 34.3. The Morgan fingerprint density at radius 2 is 1.44 bits per heavy atom. The lowest BCUT2D eigenvalue weighted by Gasteiger charge is -2.65. The highest BCUT2D eigenvalue weighted by molar-refractivity contribution is 5.95. The summed E-state index contributed by atoms with van der Waals surface area (Å²) < 4.78 is 16.5. The maximum Gasteiger partial charge on any atom is 0.309 e. The van der Waals surface area contributed by atoms with Crippen molar-refractivity contribution in [2.45, 2.75) is 112 Å². The molecule has 2 aromatic carbocycles. The van der Waals surface area contributed by atoms with E-state index < -0.39 is 6.10 Å². The molecule has 0 spiro atoms. The summed E-state index contributed by atoms with van der Waals surface area (Å²) >= 11 is 0. The van der Waals surface area contributed by atoms with Crippen LogP contribution in [0.2, 0.25) is 0 Å². The summed E-state index contributed by atoms with van der Waals surface area (Å²) in [4.78, 5) is 37.5. The maximum atomic E-state index is 14.5. The number of carbonyl (C=O) groups excluding carboxylic acids is 3. The summed E-state index contributed by atoms with van der Waals surface area (Å²) in [7, 11) is 1.31. The van der Waals surface area contributed by atoms with Crippen molar-refractivity contribution in [1.29, 1.82) is 0 Å². The van der Waals surface area contributed by atoms with Crippen molar-refractivity contribution in [3.05, 3.63) is 96.1 Å². The second kappa shape index (κ2) is 19.3. The van der Waals surface area contributed by atoms with Gasteiger partial charge in [0, 0.05) is 5.92 Å². The van der Waals surface area contributed by atoms with Crippen LogP contribution in [0.1, 0.15) is 117 Å². The highest BCUT2D eigenvalue weighted by Crippen LogP contribution is 2.69. The zero-order valence-corrected chi connectivity index (χ0v) is 34.5. The fourth-order valence-electron chi connectivity index (χ4n) is 11.8. The number of carbonyl (C=O) groups is 3. The van der Waals surface area contributed by atoms with Crippen molar-refractivity contribution >= 4 is 18.2 Å². The molecule has 0 saturated heterocycles. The molecule has 0 radical (unpaired) electrons. The SMILES string of the molecule is C#C.C=CCOC1CCC2(C)C(CCC3(C)C4CCC5(C)CCC(C(=O)OC(c6ccccc6)c6ccccc6)CC5C4=CC(=O)C32)C1C.CC.COC=O. The predicted molar refractivity (Wildman–Crippen MR) is 221 cm³/mol. The second-order valence-corrected chi connectivity index (χ2v) is 16.9. The summed E-state index contributed by atoms with van der Waals surface area (Å²) in [6.07, 6.45) is 21.0. The van der Waals surface area contributed by atoms with Gasteiger partial charge in [0.1, 0.15) is 0 Å². The van der Waals surface area contributed by atoms with Gasteiger partial charge in [-0.15, -0.1) is 19.4 Å². The fraction of sp³-hybridized carbons (Fsp3) is 0.571. The quantitative estimate of drug-likeness (QED) is 0.116. The van der Waals surface area contributed by atoms with Crippen LogP contribution < -0.4 is 0 Å². The first-order valence-corrected chi connectivity index (χ1v) is 20.6. The third-order valence-electron chi connectivity index (χ3n) is 14.3. The first kappa shape index (κ1) is 43.8. The minimum Gasteiger partial charge on any atom is -0.471 e.